The van der Waals surface area contributed by atoms with Crippen LogP contribution >= 0.6 is 29.8 Å². The molecule has 23 heavy (non-hydrogen) atoms. The zero-order chi connectivity index (χ0) is 16.7. The minimum absolute atomic E-state index is 0.0951. The number of nitriles is 1. The van der Waals surface area contributed by atoms with Crippen LogP contribution in [0.4, 0.5) is 0 Å². The van der Waals surface area contributed by atoms with Gasteiger partial charge in [-0.3, -0.25) is 9.05 Å². The van der Waals surface area contributed by atoms with Gasteiger partial charge in [0.05, 0.1) is 23.4 Å². The molecule has 122 valence electrons. The van der Waals surface area contributed by atoms with E-state index < -0.39 is 6.72 Å². The van der Waals surface area contributed by atoms with Gasteiger partial charge in [-0.1, -0.05) is 17.3 Å². The molecule has 0 spiro atoms. The summed E-state index contributed by atoms with van der Waals surface area (Å²) in [6.07, 6.45) is 0. The van der Waals surface area contributed by atoms with Gasteiger partial charge in [0.1, 0.15) is 6.07 Å². The average Bonchev–Trinajstić information content (AvgIpc) is 2.94. The number of rotatable bonds is 7. The zero-order valence-electron chi connectivity index (χ0n) is 12.5. The molecule has 0 bridgehead atoms. The maximum atomic E-state index is 9.21. The second-order valence-corrected chi connectivity index (χ2v) is 9.10. The molecular formula is C13H14N3O3PS3. The lowest BCUT2D eigenvalue weighted by Gasteiger charge is -2.16. The van der Waals surface area contributed by atoms with E-state index in [1.807, 2.05) is 30.3 Å². The van der Waals surface area contributed by atoms with Crippen molar-refractivity contribution >= 4 is 56.9 Å². The third-order valence-electron chi connectivity index (χ3n) is 2.35. The highest BCUT2D eigenvalue weighted by Gasteiger charge is 2.21. The Morgan fingerprint density at radius 2 is 2.09 bits per heavy atom. The van der Waals surface area contributed by atoms with Crippen molar-refractivity contribution in [2.45, 2.75) is 18.2 Å². The highest BCUT2D eigenvalue weighted by molar-refractivity contribution is 8.15. The number of hydrogen-bond donors (Lipinski definition) is 0. The summed E-state index contributed by atoms with van der Waals surface area (Å²) in [5.74, 6) is 0. The van der Waals surface area contributed by atoms with Crippen LogP contribution in [0.2, 0.25) is 0 Å². The number of para-hydroxylation sites is 1. The third-order valence-corrected chi connectivity index (χ3v) is 6.57. The van der Waals surface area contributed by atoms with E-state index in [1.165, 1.54) is 11.3 Å². The number of benzene rings is 1. The van der Waals surface area contributed by atoms with Crippen molar-refractivity contribution in [3.8, 4) is 6.07 Å². The van der Waals surface area contributed by atoms with E-state index in [4.69, 9.17) is 25.5 Å². The Hall–Kier alpha value is -1.01. The molecular weight excluding hydrogens is 373 g/mol. The first-order valence-electron chi connectivity index (χ1n) is 6.69. The highest BCUT2D eigenvalue weighted by atomic mass is 32.5. The maximum Gasteiger partial charge on any atom is 0.402 e. The van der Waals surface area contributed by atoms with E-state index in [0.717, 1.165) is 22.0 Å². The first-order chi connectivity index (χ1) is 11.1. The molecule has 0 fully saturated rings. The Labute approximate surface area is 147 Å². The molecule has 0 radical (unpaired) electrons. The summed E-state index contributed by atoms with van der Waals surface area (Å²) in [6, 6.07) is 9.71. The predicted molar refractivity (Wildman–Crippen MR) is 97.1 cm³/mol. The standard InChI is InChI=1S/C13H14N3O3PS3/c1-3-17-20(21,18-4-2)19-16-12(9-14)23-13-15-10-7-5-6-8-11(10)22-13/h5-8H,3-4H2,1-2H3. The summed E-state index contributed by atoms with van der Waals surface area (Å²) >= 11 is 7.79. The molecule has 1 heterocycles. The summed E-state index contributed by atoms with van der Waals surface area (Å²) in [5.41, 5.74) is 0.881. The fourth-order valence-corrected chi connectivity index (χ4v) is 5.10. The van der Waals surface area contributed by atoms with Crippen LogP contribution in [0, 0.1) is 11.3 Å². The van der Waals surface area contributed by atoms with E-state index in [0.29, 0.717) is 17.6 Å². The van der Waals surface area contributed by atoms with Crippen molar-refractivity contribution in [1.82, 2.24) is 4.98 Å². The summed E-state index contributed by atoms with van der Waals surface area (Å²) in [4.78, 5) is 4.43. The Kier molecular flexibility index (Phi) is 6.96. The summed E-state index contributed by atoms with van der Waals surface area (Å²) in [6.45, 7) is 1.31. The fourth-order valence-electron chi connectivity index (χ4n) is 1.53. The van der Waals surface area contributed by atoms with Gasteiger partial charge in [0, 0.05) is 11.8 Å². The van der Waals surface area contributed by atoms with Crippen LogP contribution in [0.25, 0.3) is 10.2 Å². The van der Waals surface area contributed by atoms with Crippen LogP contribution in [-0.2, 0) is 25.5 Å². The van der Waals surface area contributed by atoms with E-state index in [9.17, 15) is 5.26 Å². The Morgan fingerprint density at radius 1 is 1.39 bits per heavy atom. The largest absolute Gasteiger partial charge is 0.402 e. The molecule has 6 nitrogen and oxygen atoms in total. The molecule has 0 N–H and O–H groups in total. The number of fused-ring (bicyclic) bond motifs is 1. The lowest BCUT2D eigenvalue weighted by Crippen LogP contribution is -1.98. The Balaban J connectivity index is 2.12. The van der Waals surface area contributed by atoms with E-state index in [1.54, 1.807) is 13.8 Å². The number of aromatic nitrogens is 1. The summed E-state index contributed by atoms with van der Waals surface area (Å²) < 4.78 is 17.6. The highest BCUT2D eigenvalue weighted by Crippen LogP contribution is 2.50. The van der Waals surface area contributed by atoms with Gasteiger partial charge in [-0.05, 0) is 37.7 Å². The lowest BCUT2D eigenvalue weighted by molar-refractivity contribution is 0.172. The van der Waals surface area contributed by atoms with Gasteiger partial charge in [-0.2, -0.15) is 5.26 Å². The van der Waals surface area contributed by atoms with Crippen molar-refractivity contribution in [1.29, 1.82) is 5.26 Å². The molecule has 0 atom stereocenters. The van der Waals surface area contributed by atoms with Crippen molar-refractivity contribution in [3.05, 3.63) is 24.3 Å². The topological polar surface area (TPSA) is 76.7 Å². The number of hydrogen-bond acceptors (Lipinski definition) is 9. The minimum atomic E-state index is -2.95. The van der Waals surface area contributed by atoms with Gasteiger partial charge in [0.25, 0.3) is 0 Å². The van der Waals surface area contributed by atoms with Gasteiger partial charge < -0.3 is 4.62 Å². The molecule has 0 amide bonds. The predicted octanol–water partition coefficient (Wildman–Crippen LogP) is 4.54. The normalized spacial score (nSPS) is 12.3. The van der Waals surface area contributed by atoms with Crippen molar-refractivity contribution in [2.24, 2.45) is 5.16 Å². The fraction of sp³-hybridized carbons (Fsp3) is 0.308. The minimum Gasteiger partial charge on any atom is -0.312 e. The number of oxime groups is 1. The number of nitrogens with zero attached hydrogens (tertiary/aromatic N) is 3. The van der Waals surface area contributed by atoms with Crippen molar-refractivity contribution in [3.63, 3.8) is 0 Å². The van der Waals surface area contributed by atoms with Crippen LogP contribution in [0.1, 0.15) is 13.8 Å². The smallest absolute Gasteiger partial charge is 0.312 e. The first kappa shape index (κ1) is 18.3. The van der Waals surface area contributed by atoms with Crippen LogP contribution < -0.4 is 0 Å². The molecule has 1 aromatic carbocycles. The second kappa shape index (κ2) is 8.73. The van der Waals surface area contributed by atoms with Crippen LogP contribution in [-0.4, -0.2) is 23.2 Å². The molecule has 0 unspecified atom stereocenters. The molecule has 0 aliphatic rings. The van der Waals surface area contributed by atoms with Gasteiger partial charge in [-0.25, -0.2) is 4.98 Å². The van der Waals surface area contributed by atoms with Gasteiger partial charge in [0.15, 0.2) is 4.34 Å². The van der Waals surface area contributed by atoms with Crippen molar-refractivity contribution in [2.75, 3.05) is 13.2 Å². The van der Waals surface area contributed by atoms with Crippen LogP contribution in [0.3, 0.4) is 0 Å². The van der Waals surface area contributed by atoms with Crippen LogP contribution in [0.15, 0.2) is 33.8 Å². The van der Waals surface area contributed by atoms with E-state index in [-0.39, 0.29) is 5.04 Å². The number of thiazole rings is 1. The molecule has 10 heteroatoms. The van der Waals surface area contributed by atoms with Gasteiger partial charge >= 0.3 is 6.72 Å². The molecule has 0 saturated heterocycles. The molecule has 2 aromatic rings. The SMILES string of the molecule is CCOP(=S)(OCC)ON=C(C#N)Sc1nc2ccccc2s1. The van der Waals surface area contributed by atoms with Crippen molar-refractivity contribution < 1.29 is 13.7 Å². The van der Waals surface area contributed by atoms with Gasteiger partial charge in [0.2, 0.25) is 5.04 Å². The monoisotopic (exact) mass is 387 g/mol. The molecule has 0 saturated carbocycles. The Morgan fingerprint density at radius 3 is 2.70 bits per heavy atom. The maximum absolute atomic E-state index is 9.21. The van der Waals surface area contributed by atoms with Gasteiger partial charge in [-0.15, -0.1) is 11.3 Å². The summed E-state index contributed by atoms with van der Waals surface area (Å²) in [5, 5.41) is 13.1. The first-order valence-corrected chi connectivity index (χ1v) is 10.9. The third kappa shape index (κ3) is 5.24. The number of thioether (sulfide) groups is 1. The average molecular weight is 387 g/mol. The zero-order valence-corrected chi connectivity index (χ0v) is 15.8. The molecule has 1 aromatic heterocycles. The quantitative estimate of drug-likeness (QED) is 0.227. The molecule has 2 rings (SSSR count). The van der Waals surface area contributed by atoms with E-state index in [2.05, 4.69) is 10.1 Å². The van der Waals surface area contributed by atoms with E-state index >= 15 is 0 Å². The summed E-state index contributed by atoms with van der Waals surface area (Å²) in [7, 11) is 0. The lowest BCUT2D eigenvalue weighted by atomic mass is 10.3. The van der Waals surface area contributed by atoms with Crippen LogP contribution in [0.5, 0.6) is 0 Å². The second-order valence-electron chi connectivity index (χ2n) is 3.92. The Bertz CT molecular complexity index is 744. The molecule has 0 aliphatic carbocycles. The molecule has 0 aliphatic heterocycles.